The maximum Gasteiger partial charge on any atom is 0.355 e. The first-order valence-corrected chi connectivity index (χ1v) is 21.6. The number of benzene rings is 1. The second-order valence-corrected chi connectivity index (χ2v) is 18.8. The van der Waals surface area contributed by atoms with Crippen LogP contribution in [0.3, 0.4) is 0 Å². The average molecular weight is 791 g/mol. The Balaban J connectivity index is 0.868. The number of piperazine rings is 1. The first-order chi connectivity index (χ1) is 27.6. The molecule has 11 rings (SSSR count). The molecule has 2 unspecified atom stereocenters. The zero-order chi connectivity index (χ0) is 38.9. The van der Waals surface area contributed by atoms with Crippen molar-refractivity contribution in [3.63, 3.8) is 0 Å². The molecule has 3 aromatic heterocycles. The van der Waals surface area contributed by atoms with Crippen molar-refractivity contribution >= 4 is 38.5 Å². The van der Waals surface area contributed by atoms with E-state index in [4.69, 9.17) is 19.8 Å². The Morgan fingerprint density at radius 3 is 2.60 bits per heavy atom. The lowest BCUT2D eigenvalue weighted by Crippen LogP contribution is -2.58. The topological polar surface area (TPSA) is 136 Å². The van der Waals surface area contributed by atoms with E-state index in [2.05, 4.69) is 62.5 Å². The molecule has 0 spiro atoms. The second kappa shape index (κ2) is 14.4. The molecule has 0 amide bonds. The van der Waals surface area contributed by atoms with Crippen molar-refractivity contribution in [1.82, 2.24) is 40.4 Å². The maximum atomic E-state index is 12.9. The van der Waals surface area contributed by atoms with Crippen LogP contribution < -0.4 is 21.1 Å². The van der Waals surface area contributed by atoms with Gasteiger partial charge in [-0.3, -0.25) is 20.4 Å². The maximum absolute atomic E-state index is 12.9. The van der Waals surface area contributed by atoms with Gasteiger partial charge in [0.05, 0.1) is 28.6 Å². The predicted octanol–water partition coefficient (Wildman–Crippen LogP) is 6.43. The number of allylic oxidation sites excluding steroid dienone is 2. The molecule has 14 heteroatoms. The van der Waals surface area contributed by atoms with Crippen molar-refractivity contribution in [3.05, 3.63) is 76.8 Å². The van der Waals surface area contributed by atoms with Crippen molar-refractivity contribution < 1.29 is 14.6 Å². The van der Waals surface area contributed by atoms with E-state index < -0.39 is 5.97 Å². The van der Waals surface area contributed by atoms with Gasteiger partial charge < -0.3 is 25.0 Å². The number of aromatic carboxylic acids is 1. The van der Waals surface area contributed by atoms with Crippen LogP contribution in [0.5, 0.6) is 0 Å². The Kier molecular flexibility index (Phi) is 9.30. The number of pyridine rings is 1. The molecule has 1 aromatic carbocycles. The molecule has 2 atom stereocenters. The molecule has 4 aliphatic carbocycles. The number of carboxylic acid groups (broad SMARTS) is 1. The van der Waals surface area contributed by atoms with E-state index in [9.17, 15) is 9.90 Å². The van der Waals surface area contributed by atoms with E-state index in [1.54, 1.807) is 11.3 Å². The second-order valence-electron chi connectivity index (χ2n) is 17.8. The minimum atomic E-state index is -1.05. The molecule has 4 aromatic rings. The lowest BCUT2D eigenvalue weighted by molar-refractivity contribution is -0.198. The molecule has 7 aliphatic rings. The highest BCUT2D eigenvalue weighted by molar-refractivity contribution is 7.22. The first kappa shape index (κ1) is 36.8. The van der Waals surface area contributed by atoms with Gasteiger partial charge in [0.25, 0.3) is 0 Å². The number of rotatable bonds is 11. The number of likely N-dealkylation sites (N-methyl/N-ethyl adjacent to an activating group) is 1. The largest absolute Gasteiger partial charge is 0.476 e. The fourth-order valence-corrected chi connectivity index (χ4v) is 12.3. The zero-order valence-corrected chi connectivity index (χ0v) is 34.1. The Morgan fingerprint density at radius 2 is 1.81 bits per heavy atom. The molecule has 13 nitrogen and oxygen atoms in total. The number of hydrogen-bond acceptors (Lipinski definition) is 12. The van der Waals surface area contributed by atoms with Gasteiger partial charge in [0, 0.05) is 68.2 Å². The summed E-state index contributed by atoms with van der Waals surface area (Å²) in [6.07, 6.45) is 10.9. The van der Waals surface area contributed by atoms with Crippen LogP contribution in [-0.4, -0.2) is 99.1 Å². The number of ether oxygens (including phenoxy) is 1. The minimum absolute atomic E-state index is 0.0218. The summed E-state index contributed by atoms with van der Waals surface area (Å²) in [7, 11) is 2.21. The SMILES string of the molecule is CC1=C(Nc2nc3ccccc3s2)NNC2=C1CCCN2c1ccc(-c2cnn(CC34CC5CC(C3)CC(OCCN3CCN(C)CC3)(C5)C4)c2C)c(C(=O)O)n1. The number of hydrogen-bond donors (Lipinski definition) is 4. The number of aromatic nitrogens is 4. The molecule has 4 bridgehead atoms. The van der Waals surface area contributed by atoms with Crippen LogP contribution in [0.15, 0.2) is 65.4 Å². The van der Waals surface area contributed by atoms with E-state index in [-0.39, 0.29) is 16.7 Å². The Morgan fingerprint density at radius 1 is 1.00 bits per heavy atom. The third-order valence-electron chi connectivity index (χ3n) is 13.8. The molecule has 6 heterocycles. The Labute approximate surface area is 338 Å². The van der Waals surface area contributed by atoms with Crippen LogP contribution in [0.25, 0.3) is 21.3 Å². The van der Waals surface area contributed by atoms with Crippen molar-refractivity contribution in [2.45, 2.75) is 77.4 Å². The van der Waals surface area contributed by atoms with Gasteiger partial charge in [0.15, 0.2) is 10.8 Å². The van der Waals surface area contributed by atoms with Gasteiger partial charge in [-0.15, -0.1) is 0 Å². The van der Waals surface area contributed by atoms with Crippen molar-refractivity contribution in [2.75, 3.05) is 63.1 Å². The van der Waals surface area contributed by atoms with Gasteiger partial charge in [-0.2, -0.15) is 5.10 Å². The lowest BCUT2D eigenvalue weighted by atomic mass is 9.48. The molecule has 3 aliphatic heterocycles. The summed E-state index contributed by atoms with van der Waals surface area (Å²) in [4.78, 5) is 29.5. The van der Waals surface area contributed by atoms with E-state index in [0.29, 0.717) is 23.2 Å². The van der Waals surface area contributed by atoms with E-state index in [1.165, 1.54) is 32.1 Å². The average Bonchev–Trinajstić information content (AvgIpc) is 3.77. The summed E-state index contributed by atoms with van der Waals surface area (Å²) >= 11 is 1.62. The molecule has 0 radical (unpaired) electrons. The number of nitrogens with one attached hydrogen (secondary N) is 3. The fraction of sp³-hybridized carbons (Fsp3) is 0.535. The smallest absolute Gasteiger partial charge is 0.355 e. The predicted molar refractivity (Wildman–Crippen MR) is 223 cm³/mol. The molecule has 5 fully saturated rings. The van der Waals surface area contributed by atoms with E-state index in [1.807, 2.05) is 36.5 Å². The minimum Gasteiger partial charge on any atom is -0.476 e. The van der Waals surface area contributed by atoms with E-state index in [0.717, 1.165) is 121 Å². The van der Waals surface area contributed by atoms with Crippen molar-refractivity contribution in [3.8, 4) is 11.1 Å². The summed E-state index contributed by atoms with van der Waals surface area (Å²) in [5.41, 5.74) is 12.6. The number of hydrazine groups is 1. The molecule has 300 valence electrons. The molecule has 57 heavy (non-hydrogen) atoms. The number of fused-ring (bicyclic) bond motifs is 1. The van der Waals surface area contributed by atoms with Crippen molar-refractivity contribution in [1.29, 1.82) is 0 Å². The number of nitrogens with zero attached hydrogens (tertiary/aromatic N) is 7. The number of carboxylic acids is 1. The van der Waals surface area contributed by atoms with Crippen LogP contribution in [0.1, 0.15) is 74.5 Å². The molecular weight excluding hydrogens is 737 g/mol. The van der Waals surface area contributed by atoms with Crippen LogP contribution >= 0.6 is 11.3 Å². The highest BCUT2D eigenvalue weighted by atomic mass is 32.1. The number of anilines is 2. The van der Waals surface area contributed by atoms with Gasteiger partial charge in [-0.25, -0.2) is 14.8 Å². The quantitative estimate of drug-likeness (QED) is 0.133. The summed E-state index contributed by atoms with van der Waals surface area (Å²) in [5.74, 6) is 2.72. The zero-order valence-electron chi connectivity index (χ0n) is 33.3. The van der Waals surface area contributed by atoms with E-state index >= 15 is 0 Å². The number of thiazole rings is 1. The summed E-state index contributed by atoms with van der Waals surface area (Å²) in [6, 6.07) is 12.0. The monoisotopic (exact) mass is 790 g/mol. The van der Waals surface area contributed by atoms with Gasteiger partial charge in [0.1, 0.15) is 17.5 Å². The Bertz CT molecular complexity index is 2220. The normalized spacial score (nSPS) is 27.5. The lowest BCUT2D eigenvalue weighted by Gasteiger charge is -2.61. The highest BCUT2D eigenvalue weighted by Gasteiger charge is 2.58. The molecular formula is C43H54N10O3S. The van der Waals surface area contributed by atoms with Gasteiger partial charge >= 0.3 is 5.97 Å². The third kappa shape index (κ3) is 6.87. The molecule has 4 saturated carbocycles. The van der Waals surface area contributed by atoms with Crippen LogP contribution in [-0.2, 0) is 11.3 Å². The number of para-hydroxylation sites is 1. The standard InChI is InChI=1S/C43H54N10O3S/c1-27-31-7-6-12-52(39(31)49-48-38(27)47-41-45-34-8-4-5-9-35(34)57-41)36-11-10-32(37(46-36)40(54)55)33-24-44-53(28(33)2)26-42-20-29-19-30(21-42)23-43(22-29,25-42)56-18-17-51-15-13-50(3)14-16-51/h4-5,8-11,24,29-30,48-49H,6-7,12-23,25-26H2,1-3H3,(H,45,47)(H,54,55). The van der Waals surface area contributed by atoms with Gasteiger partial charge in [-0.05, 0) is 119 Å². The first-order valence-electron chi connectivity index (χ1n) is 20.8. The Hall–Kier alpha value is -4.50. The van der Waals surface area contributed by atoms with Crippen LogP contribution in [0.2, 0.25) is 0 Å². The van der Waals surface area contributed by atoms with Crippen LogP contribution in [0.4, 0.5) is 10.9 Å². The summed E-state index contributed by atoms with van der Waals surface area (Å²) in [5, 5.41) is 19.8. The van der Waals surface area contributed by atoms with Gasteiger partial charge in [0.2, 0.25) is 0 Å². The fourth-order valence-electron chi connectivity index (χ4n) is 11.4. The van der Waals surface area contributed by atoms with Crippen molar-refractivity contribution in [2.24, 2.45) is 17.3 Å². The summed E-state index contributed by atoms with van der Waals surface area (Å²) < 4.78 is 10.2. The van der Waals surface area contributed by atoms with Crippen LogP contribution in [0, 0.1) is 24.2 Å². The third-order valence-corrected chi connectivity index (χ3v) is 14.8. The number of carbonyl (C=O) groups is 1. The van der Waals surface area contributed by atoms with Gasteiger partial charge in [-0.1, -0.05) is 23.5 Å². The highest BCUT2D eigenvalue weighted by Crippen LogP contribution is 2.63. The molecule has 4 N–H and O–H groups in total. The molecule has 1 saturated heterocycles. The summed E-state index contributed by atoms with van der Waals surface area (Å²) in [6.45, 7) is 12.1.